The summed E-state index contributed by atoms with van der Waals surface area (Å²) >= 11 is 0. The lowest BCUT2D eigenvalue weighted by Crippen LogP contribution is -2.03. The molecule has 0 fully saturated rings. The molecule has 3 nitrogen and oxygen atoms in total. The maximum Gasteiger partial charge on any atom is 0.157 e. The minimum Gasteiger partial charge on any atom is -0.456 e. The lowest BCUT2D eigenvalue weighted by molar-refractivity contribution is 0.601. The molecule has 0 spiro atoms. The summed E-state index contributed by atoms with van der Waals surface area (Å²) < 4.78 is 13.2. The molecule has 0 N–H and O–H groups in total. The third-order valence-electron chi connectivity index (χ3n) is 10.7. The fraction of sp³-hybridized carbons (Fsp3) is 0.0200. The average molecular weight is 678 g/mol. The summed E-state index contributed by atoms with van der Waals surface area (Å²) in [5.74, 6) is 0.840. The van der Waals surface area contributed by atoms with Crippen molar-refractivity contribution in [2.24, 2.45) is 4.99 Å². The lowest BCUT2D eigenvalue weighted by atomic mass is 9.91. The summed E-state index contributed by atoms with van der Waals surface area (Å²) in [6, 6.07) is 60.1. The number of fused-ring (bicyclic) bond motifs is 8. The Morgan fingerprint density at radius 2 is 1.11 bits per heavy atom. The van der Waals surface area contributed by atoms with E-state index in [9.17, 15) is 0 Å². The van der Waals surface area contributed by atoms with Crippen LogP contribution in [0.3, 0.4) is 0 Å². The van der Waals surface area contributed by atoms with Crippen LogP contribution in [0.1, 0.15) is 22.5 Å². The van der Waals surface area contributed by atoms with Gasteiger partial charge in [0.25, 0.3) is 0 Å². The van der Waals surface area contributed by atoms with Crippen LogP contribution in [0.4, 0.5) is 0 Å². The third kappa shape index (κ3) is 4.86. The second-order valence-electron chi connectivity index (χ2n) is 13.8. The first-order chi connectivity index (χ1) is 26.2. The molecule has 8 aromatic carbocycles. The summed E-state index contributed by atoms with van der Waals surface area (Å²) in [5.41, 5.74) is 12.3. The fourth-order valence-electron chi connectivity index (χ4n) is 8.15. The molecule has 0 unspecified atom stereocenters. The molecule has 248 valence electrons. The first-order valence-electron chi connectivity index (χ1n) is 18.1. The Morgan fingerprint density at radius 1 is 0.415 bits per heavy atom. The number of aliphatic imine (C=N–C) groups is 1. The average Bonchev–Trinajstić information content (AvgIpc) is 3.70. The van der Waals surface area contributed by atoms with Crippen molar-refractivity contribution < 1.29 is 8.83 Å². The number of hydrogen-bond donors (Lipinski definition) is 0. The molecule has 0 atom stereocenters. The number of hydrogen-bond acceptors (Lipinski definition) is 3. The number of furan rings is 2. The number of allylic oxidation sites excluding steroid dienone is 1. The molecule has 3 heterocycles. The van der Waals surface area contributed by atoms with Crippen LogP contribution in [0.15, 0.2) is 190 Å². The zero-order valence-corrected chi connectivity index (χ0v) is 28.7. The topological polar surface area (TPSA) is 38.6 Å². The second kappa shape index (κ2) is 11.8. The molecule has 1 aliphatic heterocycles. The number of para-hydroxylation sites is 1. The van der Waals surface area contributed by atoms with E-state index in [4.69, 9.17) is 13.8 Å². The highest BCUT2D eigenvalue weighted by Gasteiger charge is 2.23. The van der Waals surface area contributed by atoms with Crippen molar-refractivity contribution >= 4 is 65.9 Å². The van der Waals surface area contributed by atoms with Gasteiger partial charge in [0.15, 0.2) is 5.76 Å². The maximum absolute atomic E-state index is 6.70. The normalized spacial score (nSPS) is 13.1. The van der Waals surface area contributed by atoms with E-state index in [0.29, 0.717) is 0 Å². The maximum atomic E-state index is 6.70. The van der Waals surface area contributed by atoms with Crippen molar-refractivity contribution in [2.45, 2.75) is 6.42 Å². The van der Waals surface area contributed by atoms with Gasteiger partial charge in [0.2, 0.25) is 0 Å². The van der Waals surface area contributed by atoms with E-state index in [1.54, 1.807) is 0 Å². The smallest absolute Gasteiger partial charge is 0.157 e. The molecular formula is C50H31NO2. The van der Waals surface area contributed by atoms with E-state index >= 15 is 0 Å². The summed E-state index contributed by atoms with van der Waals surface area (Å²) in [7, 11) is 0. The van der Waals surface area contributed by atoms with Gasteiger partial charge in [0, 0.05) is 27.3 Å². The van der Waals surface area contributed by atoms with E-state index in [0.717, 1.165) is 84.3 Å². The van der Waals surface area contributed by atoms with Crippen molar-refractivity contribution in [3.05, 3.63) is 198 Å². The van der Waals surface area contributed by atoms with Gasteiger partial charge in [-0.3, -0.25) is 0 Å². The van der Waals surface area contributed by atoms with E-state index in [-0.39, 0.29) is 0 Å². The van der Waals surface area contributed by atoms with Gasteiger partial charge in [0.1, 0.15) is 22.5 Å². The summed E-state index contributed by atoms with van der Waals surface area (Å²) in [5, 5.41) is 8.17. The van der Waals surface area contributed by atoms with Crippen molar-refractivity contribution in [1.29, 1.82) is 0 Å². The van der Waals surface area contributed by atoms with Crippen molar-refractivity contribution in [3.8, 4) is 22.3 Å². The molecule has 0 aliphatic carbocycles. The lowest BCUT2D eigenvalue weighted by Gasteiger charge is -2.12. The highest BCUT2D eigenvalue weighted by atomic mass is 16.3. The van der Waals surface area contributed by atoms with E-state index in [1.165, 1.54) is 32.7 Å². The first kappa shape index (κ1) is 29.7. The second-order valence-corrected chi connectivity index (χ2v) is 13.8. The van der Waals surface area contributed by atoms with Crippen LogP contribution >= 0.6 is 0 Å². The minimum atomic E-state index is 0.728. The standard InChI is InChI=1S/C50H31NO2/c1-2-12-34(13-3-1)49-50-41(40-18-8-9-20-45(40)53-50)25-26-44(51-49)33-23-21-32(22-24-33)42-28-37(39-19-10-16-31-11-6-7-17-38(31)39)30-47-48(42)43-27-35-14-4-5-15-36(35)29-46(43)52-47/h1-24,26-30H,25H2. The molecule has 0 saturated carbocycles. The molecule has 0 bridgehead atoms. The van der Waals surface area contributed by atoms with Crippen LogP contribution in [0, 0.1) is 0 Å². The molecule has 3 heteroatoms. The van der Waals surface area contributed by atoms with Crippen LogP contribution in [-0.4, -0.2) is 5.71 Å². The van der Waals surface area contributed by atoms with Gasteiger partial charge in [-0.15, -0.1) is 0 Å². The molecule has 53 heavy (non-hydrogen) atoms. The van der Waals surface area contributed by atoms with Crippen molar-refractivity contribution in [2.75, 3.05) is 0 Å². The summed E-state index contributed by atoms with van der Waals surface area (Å²) in [6.45, 7) is 0. The molecule has 11 rings (SSSR count). The van der Waals surface area contributed by atoms with Gasteiger partial charge in [-0.1, -0.05) is 146 Å². The summed E-state index contributed by atoms with van der Waals surface area (Å²) in [4.78, 5) is 5.32. The molecule has 1 aliphatic rings. The van der Waals surface area contributed by atoms with Crippen LogP contribution in [0.25, 0.3) is 82.4 Å². The Hall–Kier alpha value is -6.97. The van der Waals surface area contributed by atoms with E-state index in [2.05, 4.69) is 158 Å². The zero-order valence-electron chi connectivity index (χ0n) is 28.7. The number of rotatable bonds is 4. The highest BCUT2D eigenvalue weighted by Crippen LogP contribution is 2.43. The molecular weight excluding hydrogens is 647 g/mol. The Labute approximate surface area is 305 Å². The van der Waals surface area contributed by atoms with Gasteiger partial charge in [0.05, 0.1) is 5.70 Å². The van der Waals surface area contributed by atoms with Crippen LogP contribution < -0.4 is 0 Å². The Morgan fingerprint density at radius 3 is 1.96 bits per heavy atom. The van der Waals surface area contributed by atoms with Crippen LogP contribution in [-0.2, 0) is 6.42 Å². The highest BCUT2D eigenvalue weighted by molar-refractivity contribution is 6.18. The van der Waals surface area contributed by atoms with Gasteiger partial charge in [-0.25, -0.2) is 4.99 Å². The monoisotopic (exact) mass is 677 g/mol. The molecule has 0 amide bonds. The van der Waals surface area contributed by atoms with E-state index < -0.39 is 0 Å². The van der Waals surface area contributed by atoms with Gasteiger partial charge in [-0.05, 0) is 86.1 Å². The Balaban J connectivity index is 1.09. The van der Waals surface area contributed by atoms with Crippen molar-refractivity contribution in [3.63, 3.8) is 0 Å². The first-order valence-corrected chi connectivity index (χ1v) is 18.1. The Kier molecular flexibility index (Phi) is 6.62. The zero-order chi connectivity index (χ0) is 34.9. The molecule has 0 saturated heterocycles. The van der Waals surface area contributed by atoms with Crippen LogP contribution in [0.2, 0.25) is 0 Å². The van der Waals surface area contributed by atoms with Crippen molar-refractivity contribution in [1.82, 2.24) is 0 Å². The van der Waals surface area contributed by atoms with Crippen LogP contribution in [0.5, 0.6) is 0 Å². The molecule has 0 radical (unpaired) electrons. The molecule has 10 aromatic rings. The predicted molar refractivity (Wildman–Crippen MR) is 220 cm³/mol. The Bertz CT molecular complexity index is 3120. The number of benzene rings is 8. The van der Waals surface area contributed by atoms with Gasteiger partial charge >= 0.3 is 0 Å². The third-order valence-corrected chi connectivity index (χ3v) is 10.7. The van der Waals surface area contributed by atoms with E-state index in [1.807, 2.05) is 18.2 Å². The summed E-state index contributed by atoms with van der Waals surface area (Å²) in [6.07, 6.45) is 2.96. The predicted octanol–water partition coefficient (Wildman–Crippen LogP) is 13.4. The minimum absolute atomic E-state index is 0.728. The fourth-order valence-corrected chi connectivity index (χ4v) is 8.15. The SMILES string of the molecule is C1=C(c2ccc(-c3cc(-c4cccc5ccccc45)cc4oc5cc6ccccc6cc5c34)cc2)N=C(c2ccccc2)c2oc3ccccc3c2C1. The van der Waals surface area contributed by atoms with Gasteiger partial charge in [-0.2, -0.15) is 0 Å². The molecule has 2 aromatic heterocycles. The quantitative estimate of drug-likeness (QED) is 0.186. The van der Waals surface area contributed by atoms with Gasteiger partial charge < -0.3 is 8.83 Å². The largest absolute Gasteiger partial charge is 0.456 e. The number of nitrogens with zero attached hydrogens (tertiary/aromatic N) is 1.